The zero-order valence-corrected chi connectivity index (χ0v) is 27.8. The van der Waals surface area contributed by atoms with Gasteiger partial charge in [-0.15, -0.1) is 0 Å². The van der Waals surface area contributed by atoms with Gasteiger partial charge in [-0.25, -0.2) is 9.67 Å². The second-order valence-electron chi connectivity index (χ2n) is 12.2. The van der Waals surface area contributed by atoms with E-state index >= 15 is 0 Å². The smallest absolute Gasteiger partial charge is 0.311 e. The standard InChI is InChI=1S/C36H35ClN6O5/c1-36(35(44)45)19-42(20-36)18-27-30(46-2)15-21(16-31(27)47-3)43-29-10-6-7-22(26(29)17-40-43)23-8-5-9-24(32(23)37)28-12-11-25(34(41-28)48-4)33-38-13-14-39-33/h5-12,15-17H,13-14,18-20H2,1-4H3,(H,38,39)(H,44,45). The molecular formula is C36H35ClN6O5. The molecule has 0 radical (unpaired) electrons. The Kier molecular flexibility index (Phi) is 8.18. The van der Waals surface area contributed by atoms with Gasteiger partial charge in [0.15, 0.2) is 0 Å². The summed E-state index contributed by atoms with van der Waals surface area (Å²) in [4.78, 5) is 23.0. The first-order chi connectivity index (χ1) is 23.2. The molecule has 48 heavy (non-hydrogen) atoms. The van der Waals surface area contributed by atoms with Crippen molar-refractivity contribution in [2.24, 2.45) is 10.4 Å². The number of hydrogen-bond acceptors (Lipinski definition) is 9. The van der Waals surface area contributed by atoms with E-state index in [1.165, 1.54) is 0 Å². The van der Waals surface area contributed by atoms with E-state index < -0.39 is 11.4 Å². The van der Waals surface area contributed by atoms with Crippen molar-refractivity contribution in [2.75, 3.05) is 47.5 Å². The number of nitrogens with zero attached hydrogens (tertiary/aromatic N) is 5. The van der Waals surface area contributed by atoms with Gasteiger partial charge < -0.3 is 24.6 Å². The number of hydrogen-bond donors (Lipinski definition) is 2. The molecular weight excluding hydrogens is 632 g/mol. The van der Waals surface area contributed by atoms with Crippen LogP contribution in [0.1, 0.15) is 18.1 Å². The first kappa shape index (κ1) is 31.5. The number of fused-ring (bicyclic) bond motifs is 1. The molecule has 12 heteroatoms. The average molecular weight is 667 g/mol. The minimum absolute atomic E-state index is 0.453. The Bertz CT molecular complexity index is 2060. The van der Waals surface area contributed by atoms with E-state index in [2.05, 4.69) is 15.2 Å². The van der Waals surface area contributed by atoms with E-state index in [1.807, 2.05) is 71.5 Å². The normalized spacial score (nSPS) is 15.5. The van der Waals surface area contributed by atoms with Crippen LogP contribution >= 0.6 is 11.6 Å². The Hall–Kier alpha value is -5.13. The van der Waals surface area contributed by atoms with Crippen LogP contribution in [0.3, 0.4) is 0 Å². The number of nitrogens with one attached hydrogen (secondary N) is 1. The number of aliphatic imine (C=N–C) groups is 1. The number of likely N-dealkylation sites (tertiary alicyclic amines) is 1. The zero-order chi connectivity index (χ0) is 33.6. The third kappa shape index (κ3) is 5.38. The summed E-state index contributed by atoms with van der Waals surface area (Å²) in [6, 6.07) is 19.7. The first-order valence-corrected chi connectivity index (χ1v) is 15.9. The molecule has 2 aliphatic rings. The van der Waals surface area contributed by atoms with E-state index in [-0.39, 0.29) is 0 Å². The van der Waals surface area contributed by atoms with Crippen LogP contribution in [0.15, 0.2) is 71.9 Å². The lowest BCUT2D eigenvalue weighted by Crippen LogP contribution is -2.58. The Morgan fingerprint density at radius 1 is 0.958 bits per heavy atom. The summed E-state index contributed by atoms with van der Waals surface area (Å²) in [7, 11) is 4.83. The number of carboxylic acids is 1. The number of amidine groups is 1. The number of halogens is 1. The lowest BCUT2D eigenvalue weighted by molar-refractivity contribution is -0.158. The molecule has 246 valence electrons. The van der Waals surface area contributed by atoms with Crippen molar-refractivity contribution < 1.29 is 24.1 Å². The highest BCUT2D eigenvalue weighted by Gasteiger charge is 2.45. The van der Waals surface area contributed by atoms with Gasteiger partial charge in [0.05, 0.1) is 72.5 Å². The number of rotatable bonds is 10. The molecule has 2 aliphatic heterocycles. The molecule has 1 fully saturated rings. The average Bonchev–Trinajstić information content (AvgIpc) is 3.78. The number of aliphatic carboxylic acids is 1. The second-order valence-corrected chi connectivity index (χ2v) is 12.6. The Morgan fingerprint density at radius 2 is 1.67 bits per heavy atom. The summed E-state index contributed by atoms with van der Waals surface area (Å²) in [5, 5.41) is 19.1. The molecule has 0 bridgehead atoms. The molecule has 2 N–H and O–H groups in total. The third-order valence-corrected chi connectivity index (χ3v) is 9.45. The van der Waals surface area contributed by atoms with Crippen molar-refractivity contribution in [1.29, 1.82) is 0 Å². The number of methoxy groups -OCH3 is 3. The molecule has 4 heterocycles. The SMILES string of the molecule is COc1cc(-n2ncc3c(-c4cccc(-c5ccc(C6=NCCN6)c(OC)n5)c4Cl)cccc32)cc(OC)c1CN1CC(C)(C(=O)O)C1. The number of ether oxygens (including phenoxy) is 3. The molecule has 0 atom stereocenters. The summed E-state index contributed by atoms with van der Waals surface area (Å²) in [5.41, 5.74) is 5.79. The molecule has 0 aliphatic carbocycles. The van der Waals surface area contributed by atoms with Crippen LogP contribution in [0.5, 0.6) is 17.4 Å². The molecule has 2 aromatic heterocycles. The van der Waals surface area contributed by atoms with E-state index in [0.717, 1.165) is 63.3 Å². The third-order valence-electron chi connectivity index (χ3n) is 9.04. The largest absolute Gasteiger partial charge is 0.496 e. The molecule has 0 amide bonds. The molecule has 1 saturated heterocycles. The van der Waals surface area contributed by atoms with E-state index in [4.69, 9.17) is 35.9 Å². The Morgan fingerprint density at radius 3 is 2.33 bits per heavy atom. The Labute approximate surface area is 282 Å². The van der Waals surface area contributed by atoms with E-state index in [0.29, 0.717) is 47.7 Å². The predicted molar refractivity (Wildman–Crippen MR) is 185 cm³/mol. The van der Waals surface area contributed by atoms with Crippen LogP contribution in [0.25, 0.3) is 39.0 Å². The van der Waals surface area contributed by atoms with Crippen molar-refractivity contribution in [3.05, 3.63) is 83.0 Å². The van der Waals surface area contributed by atoms with Gasteiger partial charge in [0.1, 0.15) is 17.3 Å². The van der Waals surface area contributed by atoms with Gasteiger partial charge in [-0.05, 0) is 30.7 Å². The lowest BCUT2D eigenvalue weighted by Gasteiger charge is -2.45. The molecule has 11 nitrogen and oxygen atoms in total. The van der Waals surface area contributed by atoms with Crippen LogP contribution in [0, 0.1) is 5.41 Å². The minimum Gasteiger partial charge on any atom is -0.496 e. The molecule has 7 rings (SSSR count). The first-order valence-electron chi connectivity index (χ1n) is 15.6. The van der Waals surface area contributed by atoms with Crippen LogP contribution in [-0.2, 0) is 11.3 Å². The van der Waals surface area contributed by atoms with Crippen molar-refractivity contribution in [2.45, 2.75) is 13.5 Å². The summed E-state index contributed by atoms with van der Waals surface area (Å²) in [5.74, 6) is 1.73. The topological polar surface area (TPSA) is 123 Å². The maximum Gasteiger partial charge on any atom is 0.311 e. The van der Waals surface area contributed by atoms with Gasteiger partial charge in [0.25, 0.3) is 0 Å². The van der Waals surface area contributed by atoms with E-state index in [9.17, 15) is 9.90 Å². The monoisotopic (exact) mass is 666 g/mol. The number of carbonyl (C=O) groups is 1. The molecule has 0 unspecified atom stereocenters. The van der Waals surface area contributed by atoms with Crippen LogP contribution in [0.4, 0.5) is 0 Å². The second kappa shape index (κ2) is 12.5. The summed E-state index contributed by atoms with van der Waals surface area (Å²) < 4.78 is 19.1. The molecule has 5 aromatic rings. The fourth-order valence-electron chi connectivity index (χ4n) is 6.59. The van der Waals surface area contributed by atoms with Crippen LogP contribution < -0.4 is 19.5 Å². The fraction of sp³-hybridized carbons (Fsp3) is 0.278. The highest BCUT2D eigenvalue weighted by molar-refractivity contribution is 6.36. The van der Waals surface area contributed by atoms with Gasteiger partial charge in [0.2, 0.25) is 5.88 Å². The number of pyridine rings is 1. The molecule has 3 aromatic carbocycles. The van der Waals surface area contributed by atoms with Gasteiger partial charge in [-0.1, -0.05) is 41.9 Å². The van der Waals surface area contributed by atoms with Gasteiger partial charge in [-0.3, -0.25) is 14.7 Å². The number of carboxylic acid groups (broad SMARTS) is 1. The maximum absolute atomic E-state index is 11.6. The highest BCUT2D eigenvalue weighted by atomic mass is 35.5. The maximum atomic E-state index is 11.6. The van der Waals surface area contributed by atoms with E-state index in [1.54, 1.807) is 28.3 Å². The molecule has 0 saturated carbocycles. The summed E-state index contributed by atoms with van der Waals surface area (Å²) in [6.07, 6.45) is 1.83. The minimum atomic E-state index is -0.787. The van der Waals surface area contributed by atoms with Crippen molar-refractivity contribution in [1.82, 2.24) is 25.0 Å². The van der Waals surface area contributed by atoms with Crippen molar-refractivity contribution in [3.63, 3.8) is 0 Å². The van der Waals surface area contributed by atoms with Crippen molar-refractivity contribution in [3.8, 4) is 45.5 Å². The summed E-state index contributed by atoms with van der Waals surface area (Å²) in [6.45, 7) is 4.68. The van der Waals surface area contributed by atoms with Crippen LogP contribution in [-0.4, -0.2) is 84.1 Å². The summed E-state index contributed by atoms with van der Waals surface area (Å²) >= 11 is 7.14. The molecule has 0 spiro atoms. The van der Waals surface area contributed by atoms with Gasteiger partial charge in [-0.2, -0.15) is 5.10 Å². The lowest BCUT2D eigenvalue weighted by atomic mass is 9.82. The highest BCUT2D eigenvalue weighted by Crippen LogP contribution is 2.41. The van der Waals surface area contributed by atoms with Crippen molar-refractivity contribution >= 4 is 34.3 Å². The Balaban J connectivity index is 1.24. The van der Waals surface area contributed by atoms with Gasteiger partial charge >= 0.3 is 5.97 Å². The van der Waals surface area contributed by atoms with Crippen LogP contribution in [0.2, 0.25) is 5.02 Å². The van der Waals surface area contributed by atoms with Gasteiger partial charge in [0, 0.05) is 54.8 Å². The quantitative estimate of drug-likeness (QED) is 0.194. The predicted octanol–water partition coefficient (Wildman–Crippen LogP) is 5.69. The number of benzene rings is 3. The number of aromatic nitrogens is 3. The fourth-order valence-corrected chi connectivity index (χ4v) is 6.92. The zero-order valence-electron chi connectivity index (χ0n) is 27.1.